The highest BCUT2D eigenvalue weighted by Gasteiger charge is 2.27. The van der Waals surface area contributed by atoms with Gasteiger partial charge in [-0.3, -0.25) is 9.36 Å². The predicted molar refractivity (Wildman–Crippen MR) is 104 cm³/mol. The fourth-order valence-electron chi connectivity index (χ4n) is 3.45. The molecule has 2 aromatic rings. The van der Waals surface area contributed by atoms with Crippen molar-refractivity contribution in [2.24, 2.45) is 0 Å². The van der Waals surface area contributed by atoms with Crippen LogP contribution in [0.1, 0.15) is 52.5 Å². The number of hydrogen-bond donors (Lipinski definition) is 3. The van der Waals surface area contributed by atoms with Gasteiger partial charge in [0.15, 0.2) is 4.77 Å². The number of pyridine rings is 1. The normalized spacial score (nSPS) is 20.4. The van der Waals surface area contributed by atoms with Crippen LogP contribution in [0.15, 0.2) is 17.1 Å². The molecule has 2 heterocycles. The molecule has 1 amide bonds. The van der Waals surface area contributed by atoms with E-state index >= 15 is 0 Å². The molecule has 8 nitrogen and oxygen atoms in total. The summed E-state index contributed by atoms with van der Waals surface area (Å²) < 4.78 is 7.19. The summed E-state index contributed by atoms with van der Waals surface area (Å²) in [7, 11) is 0. The average molecular weight is 392 g/mol. The van der Waals surface area contributed by atoms with Gasteiger partial charge in [-0.1, -0.05) is 0 Å². The molecule has 0 unspecified atom stereocenters. The van der Waals surface area contributed by atoms with E-state index in [0.717, 1.165) is 12.8 Å². The number of nitrogens with one attached hydrogen (secondary N) is 2. The molecular formula is C18H24N4O4S. The first kappa shape index (κ1) is 19.3. The van der Waals surface area contributed by atoms with Gasteiger partial charge in [-0.25, -0.2) is 9.78 Å². The highest BCUT2D eigenvalue weighted by molar-refractivity contribution is 7.71. The standard InChI is InChI=1S/C18H24N4O4S/c1-18(2,3)26-17(25)20-10-4-6-11(7-5-10)22-14(24)8-13(23)12-9-19-16(27)21-15(12)22/h8-11,23H,4-7H2,1-3H3,(H,20,25)(H,19,21,27). The van der Waals surface area contributed by atoms with Gasteiger partial charge in [0.2, 0.25) is 0 Å². The van der Waals surface area contributed by atoms with Crippen LogP contribution in [0.2, 0.25) is 0 Å². The van der Waals surface area contributed by atoms with Crippen LogP contribution in [0.25, 0.3) is 11.0 Å². The first-order valence-electron chi connectivity index (χ1n) is 8.97. The van der Waals surface area contributed by atoms with Crippen LogP contribution in [0.4, 0.5) is 4.79 Å². The second kappa shape index (κ2) is 7.30. The third-order valence-electron chi connectivity index (χ3n) is 4.59. The van der Waals surface area contributed by atoms with Gasteiger partial charge in [-0.15, -0.1) is 0 Å². The van der Waals surface area contributed by atoms with Crippen molar-refractivity contribution in [2.45, 2.75) is 64.1 Å². The number of amides is 1. The first-order chi connectivity index (χ1) is 12.6. The highest BCUT2D eigenvalue weighted by Crippen LogP contribution is 2.31. The van der Waals surface area contributed by atoms with E-state index in [1.54, 1.807) is 4.57 Å². The second-order valence-corrected chi connectivity index (χ2v) is 8.23. The van der Waals surface area contributed by atoms with Gasteiger partial charge in [0.05, 0.1) is 5.39 Å². The van der Waals surface area contributed by atoms with Crippen LogP contribution < -0.4 is 10.9 Å². The van der Waals surface area contributed by atoms with Crippen molar-refractivity contribution in [3.63, 3.8) is 0 Å². The Bertz CT molecular complexity index is 968. The largest absolute Gasteiger partial charge is 0.507 e. The van der Waals surface area contributed by atoms with Crippen LogP contribution in [-0.2, 0) is 4.74 Å². The zero-order valence-corrected chi connectivity index (χ0v) is 16.4. The molecule has 0 atom stereocenters. The number of rotatable bonds is 2. The molecule has 0 radical (unpaired) electrons. The Morgan fingerprint density at radius 2 is 2.04 bits per heavy atom. The third-order valence-corrected chi connectivity index (χ3v) is 4.80. The number of alkyl carbamates (subject to hydrolysis) is 1. The summed E-state index contributed by atoms with van der Waals surface area (Å²) in [6.07, 6.45) is 3.92. The van der Waals surface area contributed by atoms with Crippen LogP contribution in [0, 0.1) is 4.77 Å². The van der Waals surface area contributed by atoms with E-state index in [-0.39, 0.29) is 28.2 Å². The van der Waals surface area contributed by atoms with E-state index in [0.29, 0.717) is 23.9 Å². The number of hydrogen-bond acceptors (Lipinski definition) is 6. The Balaban J connectivity index is 1.77. The number of carbonyl (C=O) groups excluding carboxylic acids is 1. The molecule has 0 spiro atoms. The molecule has 0 saturated heterocycles. The summed E-state index contributed by atoms with van der Waals surface area (Å²) in [5.41, 5.74) is -0.352. The van der Waals surface area contributed by atoms with Gasteiger partial charge in [-0.05, 0) is 58.7 Å². The molecule has 27 heavy (non-hydrogen) atoms. The molecule has 0 aliphatic heterocycles. The molecule has 3 rings (SSSR count). The maximum atomic E-state index is 12.5. The van der Waals surface area contributed by atoms with Gasteiger partial charge in [-0.2, -0.15) is 0 Å². The number of fused-ring (bicyclic) bond motifs is 1. The number of H-pyrrole nitrogens is 1. The molecular weight excluding hydrogens is 368 g/mol. The van der Waals surface area contributed by atoms with Crippen molar-refractivity contribution < 1.29 is 14.6 Å². The van der Waals surface area contributed by atoms with Crippen LogP contribution in [-0.4, -0.2) is 37.4 Å². The second-order valence-electron chi connectivity index (χ2n) is 7.84. The fourth-order valence-corrected chi connectivity index (χ4v) is 3.60. The molecule has 1 aliphatic carbocycles. The Hall–Kier alpha value is -2.42. The summed E-state index contributed by atoms with van der Waals surface area (Å²) in [6, 6.07) is 1.16. The van der Waals surface area contributed by atoms with E-state index < -0.39 is 11.7 Å². The highest BCUT2D eigenvalue weighted by atomic mass is 32.1. The van der Waals surface area contributed by atoms with Crippen LogP contribution in [0.5, 0.6) is 5.75 Å². The monoisotopic (exact) mass is 392 g/mol. The molecule has 9 heteroatoms. The van der Waals surface area contributed by atoms with Crippen molar-refractivity contribution in [2.75, 3.05) is 0 Å². The van der Waals surface area contributed by atoms with E-state index in [2.05, 4.69) is 15.3 Å². The third kappa shape index (κ3) is 4.47. The molecule has 0 bridgehead atoms. The summed E-state index contributed by atoms with van der Waals surface area (Å²) in [4.78, 5) is 31.4. The van der Waals surface area contributed by atoms with Crippen molar-refractivity contribution in [1.82, 2.24) is 19.9 Å². The van der Waals surface area contributed by atoms with Crippen molar-refractivity contribution >= 4 is 29.3 Å². The van der Waals surface area contributed by atoms with Crippen molar-refractivity contribution in [3.05, 3.63) is 27.4 Å². The van der Waals surface area contributed by atoms with Gasteiger partial charge < -0.3 is 20.1 Å². The number of nitrogens with zero attached hydrogens (tertiary/aromatic N) is 2. The van der Waals surface area contributed by atoms with Crippen molar-refractivity contribution in [1.29, 1.82) is 0 Å². The lowest BCUT2D eigenvalue weighted by atomic mass is 9.91. The lowest BCUT2D eigenvalue weighted by Crippen LogP contribution is -2.41. The summed E-state index contributed by atoms with van der Waals surface area (Å²) in [6.45, 7) is 5.47. The van der Waals surface area contributed by atoms with Gasteiger partial charge in [0.1, 0.15) is 17.0 Å². The van der Waals surface area contributed by atoms with E-state index in [1.165, 1.54) is 12.3 Å². The number of ether oxygens (including phenoxy) is 1. The Morgan fingerprint density at radius 3 is 2.67 bits per heavy atom. The summed E-state index contributed by atoms with van der Waals surface area (Å²) in [5, 5.41) is 13.4. The maximum absolute atomic E-state index is 12.5. The summed E-state index contributed by atoms with van der Waals surface area (Å²) >= 11 is 5.07. The van der Waals surface area contributed by atoms with Crippen molar-refractivity contribution in [3.8, 4) is 5.75 Å². The number of carbonyl (C=O) groups is 1. The minimum Gasteiger partial charge on any atom is -0.507 e. The Labute approximate surface area is 161 Å². The first-order valence-corrected chi connectivity index (χ1v) is 9.38. The van der Waals surface area contributed by atoms with Gasteiger partial charge in [0, 0.05) is 24.3 Å². The molecule has 1 fully saturated rings. The van der Waals surface area contributed by atoms with Gasteiger partial charge >= 0.3 is 6.09 Å². The fraction of sp³-hybridized carbons (Fsp3) is 0.556. The molecule has 0 aromatic carbocycles. The lowest BCUT2D eigenvalue weighted by Gasteiger charge is -2.31. The molecule has 146 valence electrons. The number of aromatic nitrogens is 3. The smallest absolute Gasteiger partial charge is 0.407 e. The quantitative estimate of drug-likeness (QED) is 0.677. The number of aromatic hydroxyl groups is 1. The molecule has 2 aromatic heterocycles. The maximum Gasteiger partial charge on any atom is 0.407 e. The van der Waals surface area contributed by atoms with E-state index in [9.17, 15) is 14.7 Å². The van der Waals surface area contributed by atoms with Gasteiger partial charge in [0.25, 0.3) is 5.56 Å². The minimum atomic E-state index is -0.536. The SMILES string of the molecule is CC(C)(C)OC(=O)NC1CCC(n2c(=O)cc(O)c3cnc(=S)[nH]c32)CC1. The molecule has 3 N–H and O–H groups in total. The average Bonchev–Trinajstić information content (AvgIpc) is 2.54. The Kier molecular flexibility index (Phi) is 5.23. The predicted octanol–water partition coefficient (Wildman–Crippen LogP) is 3.17. The Morgan fingerprint density at radius 1 is 1.37 bits per heavy atom. The topological polar surface area (TPSA) is 109 Å². The van der Waals surface area contributed by atoms with Crippen LogP contribution >= 0.6 is 12.2 Å². The zero-order chi connectivity index (χ0) is 19.8. The summed E-state index contributed by atoms with van der Waals surface area (Å²) in [5.74, 6) is -0.120. The molecule has 1 aliphatic rings. The lowest BCUT2D eigenvalue weighted by molar-refractivity contribution is 0.0488. The minimum absolute atomic E-state index is 0.00958. The number of aromatic amines is 1. The van der Waals surface area contributed by atoms with Crippen LogP contribution in [0.3, 0.4) is 0 Å². The van der Waals surface area contributed by atoms with E-state index in [4.69, 9.17) is 17.0 Å². The zero-order valence-electron chi connectivity index (χ0n) is 15.6. The van der Waals surface area contributed by atoms with E-state index in [1.807, 2.05) is 20.8 Å². The molecule has 1 saturated carbocycles.